The number of rotatable bonds is 9. The summed E-state index contributed by atoms with van der Waals surface area (Å²) in [7, 11) is 3.97. The van der Waals surface area contributed by atoms with Gasteiger partial charge < -0.3 is 19.4 Å². The highest BCUT2D eigenvalue weighted by atomic mass is 16.6. The molecule has 1 atom stereocenters. The van der Waals surface area contributed by atoms with Gasteiger partial charge in [-0.15, -0.1) is 0 Å². The Hall–Kier alpha value is -3.47. The minimum Gasteiger partial charge on any atom is -0.441 e. The van der Waals surface area contributed by atoms with Crippen molar-refractivity contribution in [3.8, 4) is 0 Å². The van der Waals surface area contributed by atoms with E-state index in [1.165, 1.54) is 11.4 Å². The van der Waals surface area contributed by atoms with Gasteiger partial charge in [0.25, 0.3) is 0 Å². The topological polar surface area (TPSA) is 36.0 Å². The van der Waals surface area contributed by atoms with Crippen molar-refractivity contribution < 1.29 is 9.53 Å². The smallest absolute Gasteiger partial charge is 0.340 e. The van der Waals surface area contributed by atoms with Crippen LogP contribution in [0, 0.1) is 6.92 Å². The molecule has 5 heteroatoms. The fourth-order valence-electron chi connectivity index (χ4n) is 5.43. The molecule has 4 rings (SSSR count). The Morgan fingerprint density at radius 2 is 1.22 bits per heavy atom. The van der Waals surface area contributed by atoms with E-state index in [0.29, 0.717) is 5.56 Å². The number of carbonyl (C=O) groups is 1. The van der Waals surface area contributed by atoms with E-state index in [1.54, 1.807) is 0 Å². The lowest BCUT2D eigenvalue weighted by atomic mass is 9.78. The van der Waals surface area contributed by atoms with Gasteiger partial charge in [-0.05, 0) is 76.6 Å². The van der Waals surface area contributed by atoms with Crippen LogP contribution in [0.3, 0.4) is 0 Å². The van der Waals surface area contributed by atoms with Crippen molar-refractivity contribution in [3.05, 3.63) is 88.5 Å². The maximum absolute atomic E-state index is 13.4. The maximum atomic E-state index is 13.4. The van der Waals surface area contributed by atoms with Gasteiger partial charge in [0.2, 0.25) is 0 Å². The van der Waals surface area contributed by atoms with E-state index in [9.17, 15) is 4.79 Å². The predicted molar refractivity (Wildman–Crippen MR) is 151 cm³/mol. The molecule has 0 aliphatic carbocycles. The molecule has 190 valence electrons. The zero-order valence-electron chi connectivity index (χ0n) is 22.8. The van der Waals surface area contributed by atoms with Gasteiger partial charge in [0.15, 0.2) is 5.60 Å². The molecule has 0 saturated heterocycles. The number of esters is 1. The van der Waals surface area contributed by atoms with Crippen LogP contribution >= 0.6 is 0 Å². The molecule has 36 heavy (non-hydrogen) atoms. The van der Waals surface area contributed by atoms with E-state index in [1.807, 2.05) is 25.1 Å². The molecule has 3 aromatic rings. The molecule has 1 aliphatic rings. The fraction of sp³-hybridized carbons (Fsp3) is 0.387. The van der Waals surface area contributed by atoms with Crippen molar-refractivity contribution in [2.45, 2.75) is 40.2 Å². The quantitative estimate of drug-likeness (QED) is 0.337. The Bertz CT molecular complexity index is 1230. The summed E-state index contributed by atoms with van der Waals surface area (Å²) in [5.74, 6) is -0.284. The highest BCUT2D eigenvalue weighted by molar-refractivity contribution is 5.97. The van der Waals surface area contributed by atoms with E-state index >= 15 is 0 Å². The predicted octanol–water partition coefficient (Wildman–Crippen LogP) is 6.22. The number of hydrogen-bond donors (Lipinski definition) is 0. The number of ether oxygens (including phenoxy) is 1. The van der Waals surface area contributed by atoms with Crippen LogP contribution in [-0.2, 0) is 10.3 Å². The van der Waals surface area contributed by atoms with Crippen LogP contribution in [-0.4, -0.2) is 46.2 Å². The van der Waals surface area contributed by atoms with Crippen LogP contribution < -0.4 is 14.7 Å². The Kier molecular flexibility index (Phi) is 7.30. The van der Waals surface area contributed by atoms with E-state index in [2.05, 4.69) is 99.0 Å². The number of nitrogens with zero attached hydrogens (tertiary/aromatic N) is 3. The molecule has 0 N–H and O–H groups in total. The van der Waals surface area contributed by atoms with Gasteiger partial charge in [-0.3, -0.25) is 0 Å². The standard InChI is InChI=1S/C31H39N3O2/c1-8-33(9-2)24-14-12-23(13-15-24)31(28-18-17-26(20-22(28)5)34(10-3)11-4)29-19-16-25(32(6)7)21-27(29)30(35)36-31/h12-21H,8-11H2,1-7H3. The summed E-state index contributed by atoms with van der Waals surface area (Å²) < 4.78 is 6.43. The first kappa shape index (κ1) is 25.6. The second-order valence-corrected chi connectivity index (χ2v) is 9.59. The van der Waals surface area contributed by atoms with Crippen molar-refractivity contribution in [2.75, 3.05) is 55.0 Å². The maximum Gasteiger partial charge on any atom is 0.340 e. The largest absolute Gasteiger partial charge is 0.441 e. The molecule has 0 bridgehead atoms. The second kappa shape index (κ2) is 10.3. The molecular weight excluding hydrogens is 446 g/mol. The van der Waals surface area contributed by atoms with Crippen molar-refractivity contribution in [2.24, 2.45) is 0 Å². The minimum atomic E-state index is -0.995. The van der Waals surface area contributed by atoms with Gasteiger partial charge in [-0.1, -0.05) is 24.3 Å². The minimum absolute atomic E-state index is 0.284. The van der Waals surface area contributed by atoms with Crippen molar-refractivity contribution in [1.29, 1.82) is 0 Å². The fourth-order valence-corrected chi connectivity index (χ4v) is 5.43. The average Bonchev–Trinajstić information content (AvgIpc) is 3.18. The molecule has 0 aromatic heterocycles. The third kappa shape index (κ3) is 4.21. The Balaban J connectivity index is 1.94. The average molecular weight is 486 g/mol. The molecule has 3 aromatic carbocycles. The lowest BCUT2D eigenvalue weighted by Crippen LogP contribution is -2.31. The van der Waals surface area contributed by atoms with Crippen molar-refractivity contribution in [3.63, 3.8) is 0 Å². The van der Waals surface area contributed by atoms with Crippen LogP contribution in [0.5, 0.6) is 0 Å². The number of cyclic esters (lactones) is 1. The van der Waals surface area contributed by atoms with E-state index < -0.39 is 5.60 Å². The summed E-state index contributed by atoms with van der Waals surface area (Å²) >= 11 is 0. The number of fused-ring (bicyclic) bond motifs is 1. The number of anilines is 3. The number of benzene rings is 3. The van der Waals surface area contributed by atoms with Gasteiger partial charge in [-0.2, -0.15) is 0 Å². The molecule has 5 nitrogen and oxygen atoms in total. The molecule has 1 heterocycles. The summed E-state index contributed by atoms with van der Waals surface area (Å²) in [4.78, 5) is 20.1. The van der Waals surface area contributed by atoms with Gasteiger partial charge in [0, 0.05) is 74.0 Å². The van der Waals surface area contributed by atoms with Crippen molar-refractivity contribution >= 4 is 23.0 Å². The second-order valence-electron chi connectivity index (χ2n) is 9.59. The number of carbonyl (C=O) groups excluding carboxylic acids is 1. The lowest BCUT2D eigenvalue weighted by Gasteiger charge is -2.33. The Labute approximate surface area is 216 Å². The Morgan fingerprint density at radius 3 is 1.78 bits per heavy atom. The molecular formula is C31H39N3O2. The van der Waals surface area contributed by atoms with E-state index in [-0.39, 0.29) is 5.97 Å². The van der Waals surface area contributed by atoms with Crippen LogP contribution in [0.4, 0.5) is 17.1 Å². The van der Waals surface area contributed by atoms with Crippen LogP contribution in [0.15, 0.2) is 60.7 Å². The summed E-state index contributed by atoms with van der Waals surface area (Å²) in [6, 6.07) is 21.1. The normalized spacial score (nSPS) is 16.5. The first-order valence-corrected chi connectivity index (χ1v) is 13.1. The van der Waals surface area contributed by atoms with Crippen molar-refractivity contribution in [1.82, 2.24) is 0 Å². The SMILES string of the molecule is CCN(CC)c1ccc(C2(c3ccc(N(CC)CC)cc3C)OC(=O)c3cc(N(C)C)ccc32)cc1. The first-order valence-electron chi connectivity index (χ1n) is 13.1. The van der Waals surface area contributed by atoms with Crippen LogP contribution in [0.25, 0.3) is 0 Å². The summed E-state index contributed by atoms with van der Waals surface area (Å²) in [5.41, 5.74) is 6.91. The molecule has 0 radical (unpaired) electrons. The monoisotopic (exact) mass is 485 g/mol. The molecule has 0 saturated carbocycles. The Morgan fingerprint density at radius 1 is 0.694 bits per heavy atom. The van der Waals surface area contributed by atoms with Gasteiger partial charge in [0.05, 0.1) is 5.56 Å². The van der Waals surface area contributed by atoms with E-state index in [4.69, 9.17) is 4.74 Å². The van der Waals surface area contributed by atoms with E-state index in [0.717, 1.165) is 54.1 Å². The molecule has 1 unspecified atom stereocenters. The highest BCUT2D eigenvalue weighted by Gasteiger charge is 2.49. The number of hydrogen-bond acceptors (Lipinski definition) is 5. The molecule has 0 fully saturated rings. The zero-order chi connectivity index (χ0) is 26.0. The van der Waals surface area contributed by atoms with Crippen LogP contribution in [0.2, 0.25) is 0 Å². The molecule has 0 spiro atoms. The van der Waals surface area contributed by atoms with Gasteiger partial charge in [0.1, 0.15) is 0 Å². The third-order valence-electron chi connectivity index (χ3n) is 7.48. The number of aryl methyl sites for hydroxylation is 1. The lowest BCUT2D eigenvalue weighted by molar-refractivity contribution is 0.0250. The summed E-state index contributed by atoms with van der Waals surface area (Å²) in [5, 5.41) is 0. The van der Waals surface area contributed by atoms with Gasteiger partial charge >= 0.3 is 5.97 Å². The summed E-state index contributed by atoms with van der Waals surface area (Å²) in [6.07, 6.45) is 0. The molecule has 0 amide bonds. The van der Waals surface area contributed by atoms with Gasteiger partial charge in [-0.25, -0.2) is 4.79 Å². The molecule has 1 aliphatic heterocycles. The third-order valence-corrected chi connectivity index (χ3v) is 7.48. The first-order chi connectivity index (χ1) is 17.3. The zero-order valence-corrected chi connectivity index (χ0v) is 22.8. The summed E-state index contributed by atoms with van der Waals surface area (Å²) in [6.45, 7) is 14.6. The van der Waals surface area contributed by atoms with Crippen LogP contribution in [0.1, 0.15) is 60.3 Å². The highest BCUT2D eigenvalue weighted by Crippen LogP contribution is 2.49.